The van der Waals surface area contributed by atoms with Gasteiger partial charge in [-0.25, -0.2) is 0 Å². The van der Waals surface area contributed by atoms with Gasteiger partial charge in [0.2, 0.25) is 0 Å². The smallest absolute Gasteiger partial charge is 0.134 e. The van der Waals surface area contributed by atoms with E-state index in [0.717, 1.165) is 56.4 Å². The number of nitriles is 1. The third-order valence-corrected chi connectivity index (χ3v) is 7.55. The molecule has 2 aromatic rings. The summed E-state index contributed by atoms with van der Waals surface area (Å²) in [7, 11) is -1.23. The van der Waals surface area contributed by atoms with Crippen LogP contribution in [0.2, 0.25) is 0 Å². The zero-order valence-corrected chi connectivity index (χ0v) is 18.2. The third-order valence-electron chi connectivity index (χ3n) is 5.85. The number of anilines is 2. The Hall–Kier alpha value is -2.32. The van der Waals surface area contributed by atoms with Crippen LogP contribution >= 0.6 is 0 Å². The molecule has 0 fully saturated rings. The molecule has 0 saturated heterocycles. The molecule has 1 heterocycles. The lowest BCUT2D eigenvalue weighted by atomic mass is 9.79. The van der Waals surface area contributed by atoms with E-state index in [4.69, 9.17) is 0 Å². The second-order valence-corrected chi connectivity index (χ2v) is 9.49. The van der Waals surface area contributed by atoms with Crippen LogP contribution in [0, 0.1) is 16.7 Å². The van der Waals surface area contributed by atoms with Crippen molar-refractivity contribution in [2.24, 2.45) is 5.41 Å². The number of nitrogens with zero attached hydrogens (tertiary/aromatic N) is 2. The zero-order valence-electron chi connectivity index (χ0n) is 17.4. The summed E-state index contributed by atoms with van der Waals surface area (Å²) in [5.41, 5.74) is 1.96. The summed E-state index contributed by atoms with van der Waals surface area (Å²) in [5, 5.41) is 19.7. The Morgan fingerprint density at radius 1 is 1.14 bits per heavy atom. The molecule has 0 amide bonds. The molecule has 4 nitrogen and oxygen atoms in total. The third kappa shape index (κ3) is 4.64. The average molecular weight is 411 g/mol. The summed E-state index contributed by atoms with van der Waals surface area (Å²) >= 11 is 0. The predicted molar refractivity (Wildman–Crippen MR) is 119 cm³/mol. The Morgan fingerprint density at radius 3 is 2.38 bits per heavy atom. The van der Waals surface area contributed by atoms with Crippen molar-refractivity contribution in [1.82, 2.24) is 0 Å². The van der Waals surface area contributed by atoms with Crippen molar-refractivity contribution in [2.45, 2.75) is 57.3 Å². The number of rotatable bonds is 7. The summed E-state index contributed by atoms with van der Waals surface area (Å²) in [4.78, 5) is 2.84. The fourth-order valence-electron chi connectivity index (χ4n) is 4.23. The molecule has 0 aliphatic carbocycles. The maximum atomic E-state index is 13.5. The second-order valence-electron chi connectivity index (χ2n) is 8.07. The van der Waals surface area contributed by atoms with E-state index >= 15 is 0 Å². The number of fused-ring (bicyclic) bond motifs is 1. The van der Waals surface area contributed by atoms with Gasteiger partial charge in [-0.2, -0.15) is 5.26 Å². The quantitative estimate of drug-likeness (QED) is 0.618. The minimum absolute atomic E-state index is 0.0613. The molecule has 0 radical (unpaired) electrons. The average Bonchev–Trinajstić information content (AvgIpc) is 2.86. The molecule has 3 rings (SSSR count). The lowest BCUT2D eigenvalue weighted by molar-refractivity contribution is 0.272. The van der Waals surface area contributed by atoms with Crippen LogP contribution in [0.1, 0.15) is 57.9 Å². The molecular formula is C24H30N2O2S. The molecule has 0 aromatic heterocycles. The highest BCUT2D eigenvalue weighted by atomic mass is 32.2. The van der Waals surface area contributed by atoms with E-state index in [-0.39, 0.29) is 16.7 Å². The predicted octanol–water partition coefficient (Wildman–Crippen LogP) is 5.89. The molecule has 0 saturated carbocycles. The first-order valence-electron chi connectivity index (χ1n) is 10.5. The normalized spacial score (nSPS) is 18.0. The van der Waals surface area contributed by atoms with Gasteiger partial charge in [0.25, 0.3) is 0 Å². The Bertz CT molecular complexity index is 897. The minimum atomic E-state index is -1.23. The fraction of sp³-hybridized carbons (Fsp3) is 0.458. The van der Waals surface area contributed by atoms with E-state index in [1.165, 1.54) is 6.07 Å². The standard InChI is InChI=1S/C24H30N2O2S/c1-3-5-12-24(13-6-4-2)17-26(20-10-8-7-9-11-20)21-14-19(16-25)22(27)15-23(21)29(28)18-24/h7-11,14-15,27H,3-6,12-13,17-18H2,1-2H3. The topological polar surface area (TPSA) is 64.3 Å². The van der Waals surface area contributed by atoms with Crippen LogP contribution in [0.3, 0.4) is 0 Å². The van der Waals surface area contributed by atoms with E-state index in [1.54, 1.807) is 6.07 Å². The first-order valence-corrected chi connectivity index (χ1v) is 11.8. The SMILES string of the molecule is CCCCC1(CCCC)CN(c2ccccc2)c2cc(C#N)c(O)cc2S(=O)C1. The number of benzene rings is 2. The Kier molecular flexibility index (Phi) is 6.97. The van der Waals surface area contributed by atoms with E-state index in [1.807, 2.05) is 18.2 Å². The van der Waals surface area contributed by atoms with Crippen molar-refractivity contribution in [3.63, 3.8) is 0 Å². The van der Waals surface area contributed by atoms with Crippen LogP contribution < -0.4 is 4.90 Å². The molecular weight excluding hydrogens is 380 g/mol. The maximum Gasteiger partial charge on any atom is 0.134 e. The number of aromatic hydroxyl groups is 1. The Balaban J connectivity index is 2.17. The summed E-state index contributed by atoms with van der Waals surface area (Å²) in [6.07, 6.45) is 6.49. The van der Waals surface area contributed by atoms with Crippen LogP contribution in [-0.4, -0.2) is 21.6 Å². The Morgan fingerprint density at radius 2 is 1.79 bits per heavy atom. The fourth-order valence-corrected chi connectivity index (χ4v) is 5.97. The summed E-state index contributed by atoms with van der Waals surface area (Å²) in [5.74, 6) is 0.497. The summed E-state index contributed by atoms with van der Waals surface area (Å²) in [6.45, 7) is 5.16. The Labute approximate surface area is 176 Å². The second kappa shape index (κ2) is 9.45. The van der Waals surface area contributed by atoms with Gasteiger partial charge in [0.05, 0.1) is 26.9 Å². The summed E-state index contributed by atoms with van der Waals surface area (Å²) < 4.78 is 13.5. The van der Waals surface area contributed by atoms with Gasteiger partial charge in [0.1, 0.15) is 11.8 Å². The molecule has 1 atom stereocenters. The molecule has 1 unspecified atom stereocenters. The number of phenolic OH excluding ortho intramolecular Hbond substituents is 1. The van der Waals surface area contributed by atoms with Gasteiger partial charge >= 0.3 is 0 Å². The van der Waals surface area contributed by atoms with Gasteiger partial charge in [-0.1, -0.05) is 57.7 Å². The molecule has 1 aliphatic heterocycles. The van der Waals surface area contributed by atoms with Gasteiger partial charge in [0, 0.05) is 23.4 Å². The van der Waals surface area contributed by atoms with Crippen LogP contribution in [0.25, 0.3) is 0 Å². The van der Waals surface area contributed by atoms with Crippen LogP contribution in [-0.2, 0) is 10.8 Å². The van der Waals surface area contributed by atoms with E-state index in [2.05, 4.69) is 36.9 Å². The largest absolute Gasteiger partial charge is 0.507 e. The molecule has 1 N–H and O–H groups in total. The minimum Gasteiger partial charge on any atom is -0.507 e. The van der Waals surface area contributed by atoms with Crippen molar-refractivity contribution < 1.29 is 9.32 Å². The lowest BCUT2D eigenvalue weighted by Crippen LogP contribution is -2.37. The van der Waals surface area contributed by atoms with Crippen molar-refractivity contribution in [1.29, 1.82) is 5.26 Å². The van der Waals surface area contributed by atoms with Crippen LogP contribution in [0.5, 0.6) is 5.75 Å². The molecule has 5 heteroatoms. The number of hydrogen-bond donors (Lipinski definition) is 1. The van der Waals surface area contributed by atoms with E-state index in [0.29, 0.717) is 10.6 Å². The van der Waals surface area contributed by atoms with Gasteiger partial charge in [-0.15, -0.1) is 0 Å². The number of hydrogen-bond acceptors (Lipinski definition) is 4. The molecule has 2 aromatic carbocycles. The van der Waals surface area contributed by atoms with Crippen molar-refractivity contribution in [3.8, 4) is 11.8 Å². The molecule has 1 aliphatic rings. The molecule has 0 bridgehead atoms. The summed E-state index contributed by atoms with van der Waals surface area (Å²) in [6, 6.07) is 15.4. The van der Waals surface area contributed by atoms with Gasteiger partial charge in [0.15, 0.2) is 0 Å². The highest BCUT2D eigenvalue weighted by molar-refractivity contribution is 7.85. The number of unbranched alkanes of at least 4 members (excludes halogenated alkanes) is 2. The zero-order chi connectivity index (χ0) is 20.9. The monoisotopic (exact) mass is 410 g/mol. The molecule has 0 spiro atoms. The van der Waals surface area contributed by atoms with Crippen LogP contribution in [0.4, 0.5) is 11.4 Å². The van der Waals surface area contributed by atoms with Crippen molar-refractivity contribution in [3.05, 3.63) is 48.0 Å². The number of para-hydroxylation sites is 1. The first kappa shape index (κ1) is 21.4. The lowest BCUT2D eigenvalue weighted by Gasteiger charge is -2.37. The van der Waals surface area contributed by atoms with Crippen LogP contribution in [0.15, 0.2) is 47.4 Å². The highest BCUT2D eigenvalue weighted by Crippen LogP contribution is 2.45. The van der Waals surface area contributed by atoms with Gasteiger partial charge < -0.3 is 10.0 Å². The van der Waals surface area contributed by atoms with E-state index in [9.17, 15) is 14.6 Å². The molecule has 154 valence electrons. The van der Waals surface area contributed by atoms with Gasteiger partial charge in [-0.3, -0.25) is 4.21 Å². The van der Waals surface area contributed by atoms with Crippen molar-refractivity contribution >= 4 is 22.2 Å². The maximum absolute atomic E-state index is 13.5. The van der Waals surface area contributed by atoms with E-state index < -0.39 is 10.8 Å². The number of phenols is 1. The first-order chi connectivity index (χ1) is 14.0. The van der Waals surface area contributed by atoms with Gasteiger partial charge in [-0.05, 0) is 37.1 Å². The highest BCUT2D eigenvalue weighted by Gasteiger charge is 2.39. The molecule has 29 heavy (non-hydrogen) atoms. The van der Waals surface area contributed by atoms with Crippen molar-refractivity contribution in [2.75, 3.05) is 17.2 Å².